The van der Waals surface area contributed by atoms with Crippen LogP contribution < -0.4 is 14.8 Å². The Kier molecular flexibility index (Phi) is 6.82. The van der Waals surface area contributed by atoms with Crippen LogP contribution in [-0.4, -0.2) is 32.6 Å². The number of carbonyl (C=O) groups is 1. The zero-order valence-corrected chi connectivity index (χ0v) is 13.9. The predicted molar refractivity (Wildman–Crippen MR) is 85.6 cm³/mol. The highest BCUT2D eigenvalue weighted by atomic mass is 35.5. The van der Waals surface area contributed by atoms with Crippen LogP contribution in [0, 0.1) is 5.41 Å². The molecule has 1 rings (SSSR count). The van der Waals surface area contributed by atoms with Gasteiger partial charge in [0, 0.05) is 18.5 Å². The molecule has 1 aromatic carbocycles. The van der Waals surface area contributed by atoms with E-state index >= 15 is 0 Å². The Morgan fingerprint density at radius 2 is 2.00 bits per heavy atom. The number of benzene rings is 1. The molecule has 1 amide bonds. The average molecular weight is 314 g/mol. The number of hydrogen-bond donors (Lipinski definition) is 1. The molecule has 0 aliphatic heterocycles. The number of amides is 1. The lowest BCUT2D eigenvalue weighted by Gasteiger charge is -2.24. The molecule has 1 aromatic rings. The molecule has 0 spiro atoms. The Hall–Kier alpha value is -1.42. The molecule has 0 atom stereocenters. The first kappa shape index (κ1) is 17.6. The van der Waals surface area contributed by atoms with Gasteiger partial charge in [0.1, 0.15) is 11.5 Å². The second-order valence-electron chi connectivity index (χ2n) is 5.71. The molecule has 5 heteroatoms. The molecule has 21 heavy (non-hydrogen) atoms. The number of rotatable bonds is 8. The normalized spacial score (nSPS) is 11.1. The summed E-state index contributed by atoms with van der Waals surface area (Å²) in [6, 6.07) is 5.16. The minimum absolute atomic E-state index is 0.0181. The maximum Gasteiger partial charge on any atom is 0.255 e. The van der Waals surface area contributed by atoms with E-state index in [1.54, 1.807) is 25.3 Å². The fraction of sp³-hybridized carbons (Fsp3) is 0.562. The quantitative estimate of drug-likeness (QED) is 0.747. The van der Waals surface area contributed by atoms with Crippen molar-refractivity contribution < 1.29 is 14.3 Å². The molecule has 118 valence electrons. The lowest BCUT2D eigenvalue weighted by molar-refractivity contribution is 0.0931. The van der Waals surface area contributed by atoms with E-state index in [-0.39, 0.29) is 11.3 Å². The molecule has 0 heterocycles. The topological polar surface area (TPSA) is 47.6 Å². The Labute approximate surface area is 131 Å². The smallest absolute Gasteiger partial charge is 0.255 e. The van der Waals surface area contributed by atoms with Crippen molar-refractivity contribution in [2.45, 2.75) is 26.7 Å². The first-order chi connectivity index (χ1) is 9.93. The van der Waals surface area contributed by atoms with Crippen molar-refractivity contribution in [2.24, 2.45) is 5.41 Å². The summed E-state index contributed by atoms with van der Waals surface area (Å²) in [6.07, 6.45) is 1.91. The molecule has 1 N–H and O–H groups in total. The molecule has 0 unspecified atom stereocenters. The third-order valence-electron chi connectivity index (χ3n) is 3.37. The highest BCUT2D eigenvalue weighted by Crippen LogP contribution is 2.25. The van der Waals surface area contributed by atoms with Crippen molar-refractivity contribution in [3.63, 3.8) is 0 Å². The number of ether oxygens (including phenoxy) is 2. The third kappa shape index (κ3) is 5.46. The number of nitrogens with one attached hydrogen (secondary N) is 1. The minimum Gasteiger partial charge on any atom is -0.497 e. The van der Waals surface area contributed by atoms with Crippen molar-refractivity contribution in [3.05, 3.63) is 23.8 Å². The molecule has 0 bridgehead atoms. The number of halogens is 1. The van der Waals surface area contributed by atoms with Gasteiger partial charge in [-0.3, -0.25) is 4.79 Å². The molecule has 0 aliphatic carbocycles. The molecule has 0 radical (unpaired) electrons. The zero-order valence-electron chi connectivity index (χ0n) is 13.2. The third-order valence-corrected chi connectivity index (χ3v) is 3.64. The fourth-order valence-electron chi connectivity index (χ4n) is 2.03. The lowest BCUT2D eigenvalue weighted by Crippen LogP contribution is -2.34. The maximum absolute atomic E-state index is 12.3. The van der Waals surface area contributed by atoms with Gasteiger partial charge in [-0.05, 0) is 30.4 Å². The van der Waals surface area contributed by atoms with Crippen LogP contribution in [-0.2, 0) is 0 Å². The summed E-state index contributed by atoms with van der Waals surface area (Å²) >= 11 is 5.72. The average Bonchev–Trinajstić information content (AvgIpc) is 2.50. The Balaban J connectivity index is 2.71. The first-order valence-corrected chi connectivity index (χ1v) is 7.53. The molecule has 4 nitrogen and oxygen atoms in total. The van der Waals surface area contributed by atoms with Gasteiger partial charge >= 0.3 is 0 Å². The van der Waals surface area contributed by atoms with Gasteiger partial charge < -0.3 is 14.8 Å². The molecule has 0 saturated heterocycles. The summed E-state index contributed by atoms with van der Waals surface area (Å²) in [5, 5.41) is 2.96. The Morgan fingerprint density at radius 3 is 2.57 bits per heavy atom. The number of hydrogen-bond acceptors (Lipinski definition) is 3. The first-order valence-electron chi connectivity index (χ1n) is 6.99. The van der Waals surface area contributed by atoms with Gasteiger partial charge in [-0.25, -0.2) is 0 Å². The molecule has 0 aliphatic rings. The van der Waals surface area contributed by atoms with Crippen molar-refractivity contribution in [1.82, 2.24) is 5.32 Å². The van der Waals surface area contributed by atoms with Gasteiger partial charge in [0.2, 0.25) is 0 Å². The van der Waals surface area contributed by atoms with Crippen LogP contribution in [0.5, 0.6) is 11.5 Å². The van der Waals surface area contributed by atoms with E-state index in [1.165, 1.54) is 7.11 Å². The van der Waals surface area contributed by atoms with Crippen molar-refractivity contribution >= 4 is 17.5 Å². The summed E-state index contributed by atoms with van der Waals surface area (Å²) < 4.78 is 10.4. The monoisotopic (exact) mass is 313 g/mol. The van der Waals surface area contributed by atoms with Crippen molar-refractivity contribution in [1.29, 1.82) is 0 Å². The van der Waals surface area contributed by atoms with E-state index in [2.05, 4.69) is 19.2 Å². The van der Waals surface area contributed by atoms with E-state index in [9.17, 15) is 4.79 Å². The van der Waals surface area contributed by atoms with E-state index in [0.29, 0.717) is 29.5 Å². The van der Waals surface area contributed by atoms with E-state index in [0.717, 1.165) is 12.8 Å². The summed E-state index contributed by atoms with van der Waals surface area (Å²) in [5.74, 6) is 1.66. The van der Waals surface area contributed by atoms with Crippen LogP contribution in [0.4, 0.5) is 0 Å². The Bertz CT molecular complexity index is 475. The molecule has 0 aromatic heterocycles. The lowest BCUT2D eigenvalue weighted by atomic mass is 9.88. The molecule has 0 fully saturated rings. The highest BCUT2D eigenvalue weighted by molar-refractivity contribution is 6.17. The summed E-state index contributed by atoms with van der Waals surface area (Å²) in [4.78, 5) is 12.3. The molecule has 0 saturated carbocycles. The van der Waals surface area contributed by atoms with Gasteiger partial charge in [-0.15, -0.1) is 11.6 Å². The van der Waals surface area contributed by atoms with Crippen LogP contribution in [0.25, 0.3) is 0 Å². The van der Waals surface area contributed by atoms with Gasteiger partial charge in [0.25, 0.3) is 5.91 Å². The van der Waals surface area contributed by atoms with Gasteiger partial charge in [0.05, 0.1) is 19.8 Å². The largest absolute Gasteiger partial charge is 0.497 e. The standard InChI is InChI=1S/C16H24ClNO3/c1-16(2,8-5-9-17)11-18-15(19)13-7-6-12(20-3)10-14(13)21-4/h6-7,10H,5,8-9,11H2,1-4H3,(H,18,19). The van der Waals surface area contributed by atoms with Gasteiger partial charge in [0.15, 0.2) is 0 Å². The second kappa shape index (κ2) is 8.13. The Morgan fingerprint density at radius 1 is 1.29 bits per heavy atom. The van der Waals surface area contributed by atoms with Gasteiger partial charge in [-0.2, -0.15) is 0 Å². The number of methoxy groups -OCH3 is 2. The van der Waals surface area contributed by atoms with Crippen LogP contribution in [0.15, 0.2) is 18.2 Å². The van der Waals surface area contributed by atoms with Crippen molar-refractivity contribution in [2.75, 3.05) is 26.6 Å². The molecular formula is C16H24ClNO3. The fourth-order valence-corrected chi connectivity index (χ4v) is 2.17. The highest BCUT2D eigenvalue weighted by Gasteiger charge is 2.20. The zero-order chi connectivity index (χ0) is 15.9. The summed E-state index contributed by atoms with van der Waals surface area (Å²) in [5.41, 5.74) is 0.524. The van der Waals surface area contributed by atoms with Crippen LogP contribution >= 0.6 is 11.6 Å². The summed E-state index contributed by atoms with van der Waals surface area (Å²) in [7, 11) is 3.11. The van der Waals surface area contributed by atoms with E-state index < -0.39 is 0 Å². The number of alkyl halides is 1. The number of carbonyl (C=O) groups excluding carboxylic acids is 1. The predicted octanol–water partition coefficient (Wildman–Crippen LogP) is 3.48. The van der Waals surface area contributed by atoms with Crippen LogP contribution in [0.1, 0.15) is 37.0 Å². The molecular weight excluding hydrogens is 290 g/mol. The SMILES string of the molecule is COc1ccc(C(=O)NCC(C)(C)CCCCl)c(OC)c1. The minimum atomic E-state index is -0.145. The van der Waals surface area contributed by atoms with E-state index in [1.807, 2.05) is 0 Å². The second-order valence-corrected chi connectivity index (χ2v) is 6.08. The van der Waals surface area contributed by atoms with Gasteiger partial charge in [-0.1, -0.05) is 13.8 Å². The maximum atomic E-state index is 12.3. The summed E-state index contributed by atoms with van der Waals surface area (Å²) in [6.45, 7) is 4.83. The van der Waals surface area contributed by atoms with Crippen LogP contribution in [0.2, 0.25) is 0 Å². The van der Waals surface area contributed by atoms with Crippen molar-refractivity contribution in [3.8, 4) is 11.5 Å². The van der Waals surface area contributed by atoms with E-state index in [4.69, 9.17) is 21.1 Å². The van der Waals surface area contributed by atoms with Crippen LogP contribution in [0.3, 0.4) is 0 Å².